The lowest BCUT2D eigenvalue weighted by molar-refractivity contribution is -0.124. The number of carbonyl (C=O) groups excluding carboxylic acids is 1. The van der Waals surface area contributed by atoms with Gasteiger partial charge in [-0.3, -0.25) is 4.79 Å². The lowest BCUT2D eigenvalue weighted by Crippen LogP contribution is -2.43. The highest BCUT2D eigenvalue weighted by atomic mass is 16.5. The van der Waals surface area contributed by atoms with Crippen molar-refractivity contribution in [2.24, 2.45) is 0 Å². The second-order valence-electron chi connectivity index (χ2n) is 3.56. The summed E-state index contributed by atoms with van der Waals surface area (Å²) in [4.78, 5) is 21.4. The van der Waals surface area contributed by atoms with Gasteiger partial charge in [0.15, 0.2) is 0 Å². The molecule has 0 aliphatic carbocycles. The maximum Gasteiger partial charge on any atom is 0.404 e. The molecule has 6 nitrogen and oxygen atoms in total. The Morgan fingerprint density at radius 3 is 2.67 bits per heavy atom. The Morgan fingerprint density at radius 2 is 2.20 bits per heavy atom. The summed E-state index contributed by atoms with van der Waals surface area (Å²) in [7, 11) is 1.58. The van der Waals surface area contributed by atoms with E-state index in [4.69, 9.17) is 9.84 Å². The van der Waals surface area contributed by atoms with E-state index in [2.05, 4.69) is 10.6 Å². The number of nitrogens with one attached hydrogen (secondary N) is 2. The lowest BCUT2D eigenvalue weighted by atomic mass is 10.0. The van der Waals surface area contributed by atoms with Crippen LogP contribution in [0.1, 0.15) is 19.3 Å². The summed E-state index contributed by atoms with van der Waals surface area (Å²) >= 11 is 0. The smallest absolute Gasteiger partial charge is 0.404 e. The van der Waals surface area contributed by atoms with Crippen molar-refractivity contribution < 1.29 is 19.4 Å². The predicted octanol–water partition coefficient (Wildman–Crippen LogP) is -0.0623. The van der Waals surface area contributed by atoms with E-state index >= 15 is 0 Å². The SMILES string of the molecule is CNC(=O)C[C@@H]1CC[C@@H](NC(=O)O)CO1. The molecular weight excluding hydrogens is 200 g/mol. The highest BCUT2D eigenvalue weighted by Crippen LogP contribution is 2.16. The highest BCUT2D eigenvalue weighted by Gasteiger charge is 2.24. The lowest BCUT2D eigenvalue weighted by Gasteiger charge is -2.28. The topological polar surface area (TPSA) is 87.7 Å². The molecular formula is C9H16N2O4. The number of rotatable bonds is 3. The van der Waals surface area contributed by atoms with E-state index in [0.717, 1.165) is 0 Å². The van der Waals surface area contributed by atoms with Crippen LogP contribution in [0.3, 0.4) is 0 Å². The molecule has 1 heterocycles. The van der Waals surface area contributed by atoms with Crippen LogP contribution in [0.5, 0.6) is 0 Å². The van der Waals surface area contributed by atoms with Crippen LogP contribution in [0, 0.1) is 0 Å². The Morgan fingerprint density at radius 1 is 1.47 bits per heavy atom. The number of hydrogen-bond acceptors (Lipinski definition) is 3. The standard InChI is InChI=1S/C9H16N2O4/c1-10-8(12)4-7-3-2-6(5-15-7)11-9(13)14/h6-7,11H,2-5H2,1H3,(H,10,12)(H,13,14)/t6-,7+/m1/s1. The van der Waals surface area contributed by atoms with Gasteiger partial charge in [0.1, 0.15) is 0 Å². The molecule has 0 saturated carbocycles. The van der Waals surface area contributed by atoms with Crippen molar-refractivity contribution in [2.75, 3.05) is 13.7 Å². The van der Waals surface area contributed by atoms with Crippen LogP contribution in [0.15, 0.2) is 0 Å². The highest BCUT2D eigenvalue weighted by molar-refractivity contribution is 5.76. The number of amides is 2. The monoisotopic (exact) mass is 216 g/mol. The fraction of sp³-hybridized carbons (Fsp3) is 0.778. The Bertz CT molecular complexity index is 236. The van der Waals surface area contributed by atoms with Crippen LogP contribution in [-0.2, 0) is 9.53 Å². The van der Waals surface area contributed by atoms with Gasteiger partial charge in [-0.05, 0) is 12.8 Å². The molecule has 3 N–H and O–H groups in total. The van der Waals surface area contributed by atoms with Gasteiger partial charge in [0.05, 0.1) is 25.2 Å². The van der Waals surface area contributed by atoms with Crippen LogP contribution in [0.2, 0.25) is 0 Å². The zero-order valence-electron chi connectivity index (χ0n) is 8.66. The molecule has 0 unspecified atom stereocenters. The van der Waals surface area contributed by atoms with Gasteiger partial charge in [-0.15, -0.1) is 0 Å². The number of carboxylic acid groups (broad SMARTS) is 1. The van der Waals surface area contributed by atoms with Crippen molar-refractivity contribution in [3.8, 4) is 0 Å². The van der Waals surface area contributed by atoms with Crippen LogP contribution in [0.4, 0.5) is 4.79 Å². The normalized spacial score (nSPS) is 25.7. The zero-order chi connectivity index (χ0) is 11.3. The fourth-order valence-corrected chi connectivity index (χ4v) is 1.56. The van der Waals surface area contributed by atoms with Gasteiger partial charge in [0.25, 0.3) is 0 Å². The molecule has 1 fully saturated rings. The molecule has 1 aliphatic heterocycles. The first kappa shape index (κ1) is 11.8. The molecule has 2 atom stereocenters. The largest absolute Gasteiger partial charge is 0.465 e. The molecule has 0 aromatic heterocycles. The molecule has 1 saturated heterocycles. The third kappa shape index (κ3) is 4.16. The molecule has 86 valence electrons. The van der Waals surface area contributed by atoms with Crippen molar-refractivity contribution in [3.05, 3.63) is 0 Å². The average Bonchev–Trinajstić information content (AvgIpc) is 2.20. The van der Waals surface area contributed by atoms with Crippen molar-refractivity contribution in [1.82, 2.24) is 10.6 Å². The summed E-state index contributed by atoms with van der Waals surface area (Å²) in [5.74, 6) is -0.0513. The quantitative estimate of drug-likeness (QED) is 0.616. The summed E-state index contributed by atoms with van der Waals surface area (Å²) in [6.07, 6.45) is 0.646. The molecule has 1 aliphatic rings. The van der Waals surface area contributed by atoms with E-state index in [1.54, 1.807) is 7.05 Å². The Hall–Kier alpha value is -1.30. The van der Waals surface area contributed by atoms with Gasteiger partial charge in [-0.1, -0.05) is 0 Å². The summed E-state index contributed by atoms with van der Waals surface area (Å²) in [6.45, 7) is 0.341. The number of carbonyl (C=O) groups is 2. The second-order valence-corrected chi connectivity index (χ2v) is 3.56. The molecule has 0 aromatic rings. The average molecular weight is 216 g/mol. The van der Waals surface area contributed by atoms with Gasteiger partial charge < -0.3 is 20.5 Å². The molecule has 1 rings (SSSR count). The minimum atomic E-state index is -1.03. The molecule has 2 amide bonds. The molecule has 0 bridgehead atoms. The summed E-state index contributed by atoms with van der Waals surface area (Å²) < 4.78 is 5.38. The molecule has 6 heteroatoms. The van der Waals surface area contributed by atoms with Gasteiger partial charge in [0, 0.05) is 7.05 Å². The minimum Gasteiger partial charge on any atom is -0.465 e. The van der Waals surface area contributed by atoms with Crippen molar-refractivity contribution in [3.63, 3.8) is 0 Å². The van der Waals surface area contributed by atoms with Crippen LogP contribution in [-0.4, -0.2) is 42.9 Å². The fourth-order valence-electron chi connectivity index (χ4n) is 1.56. The zero-order valence-corrected chi connectivity index (χ0v) is 8.66. The first-order valence-corrected chi connectivity index (χ1v) is 4.93. The van der Waals surface area contributed by atoms with Crippen LogP contribution >= 0.6 is 0 Å². The van der Waals surface area contributed by atoms with Gasteiger partial charge in [0.2, 0.25) is 5.91 Å². The van der Waals surface area contributed by atoms with Crippen molar-refractivity contribution in [2.45, 2.75) is 31.4 Å². The Kier molecular flexibility index (Phi) is 4.36. The van der Waals surface area contributed by atoms with Crippen molar-refractivity contribution >= 4 is 12.0 Å². The Labute approximate surface area is 88.0 Å². The number of hydrogen-bond donors (Lipinski definition) is 3. The maximum atomic E-state index is 11.0. The molecule has 15 heavy (non-hydrogen) atoms. The van der Waals surface area contributed by atoms with E-state index < -0.39 is 6.09 Å². The second kappa shape index (κ2) is 5.55. The first-order valence-electron chi connectivity index (χ1n) is 4.93. The van der Waals surface area contributed by atoms with E-state index in [1.807, 2.05) is 0 Å². The maximum absolute atomic E-state index is 11.0. The summed E-state index contributed by atoms with van der Waals surface area (Å²) in [5.41, 5.74) is 0. The van der Waals surface area contributed by atoms with E-state index in [-0.39, 0.29) is 18.1 Å². The van der Waals surface area contributed by atoms with Crippen LogP contribution < -0.4 is 10.6 Å². The van der Waals surface area contributed by atoms with E-state index in [1.165, 1.54) is 0 Å². The minimum absolute atomic E-state index is 0.0513. The van der Waals surface area contributed by atoms with Crippen molar-refractivity contribution in [1.29, 1.82) is 0 Å². The molecule has 0 radical (unpaired) electrons. The molecule has 0 aromatic carbocycles. The van der Waals surface area contributed by atoms with E-state index in [9.17, 15) is 9.59 Å². The van der Waals surface area contributed by atoms with Gasteiger partial charge in [-0.25, -0.2) is 4.79 Å². The summed E-state index contributed by atoms with van der Waals surface area (Å²) in [6, 6.07) is -0.150. The molecule has 0 spiro atoms. The number of ether oxygens (including phenoxy) is 1. The van der Waals surface area contributed by atoms with Gasteiger partial charge in [-0.2, -0.15) is 0 Å². The van der Waals surface area contributed by atoms with Gasteiger partial charge >= 0.3 is 6.09 Å². The summed E-state index contributed by atoms with van der Waals surface area (Å²) in [5, 5.41) is 13.4. The Balaban J connectivity index is 2.23. The van der Waals surface area contributed by atoms with E-state index in [0.29, 0.717) is 25.9 Å². The third-order valence-corrected chi connectivity index (χ3v) is 2.39. The predicted molar refractivity (Wildman–Crippen MR) is 52.6 cm³/mol. The first-order chi connectivity index (χ1) is 7.11. The van der Waals surface area contributed by atoms with Crippen LogP contribution in [0.25, 0.3) is 0 Å². The third-order valence-electron chi connectivity index (χ3n) is 2.39.